The molecule has 0 aliphatic carbocycles. The third-order valence-electron chi connectivity index (χ3n) is 4.88. The molecule has 0 bridgehead atoms. The third kappa shape index (κ3) is 4.49. The van der Waals surface area contributed by atoms with Crippen LogP contribution in [0.5, 0.6) is 5.75 Å². The minimum atomic E-state index is -1.03. The highest BCUT2D eigenvalue weighted by Gasteiger charge is 2.18. The lowest BCUT2D eigenvalue weighted by atomic mass is 9.96. The normalized spacial score (nSPS) is 10.9. The minimum Gasteiger partial charge on any atom is -0.487 e. The molecule has 5 heteroatoms. The first kappa shape index (κ1) is 19.8. The van der Waals surface area contributed by atoms with E-state index in [0.717, 1.165) is 42.2 Å². The Balaban J connectivity index is 1.99. The van der Waals surface area contributed by atoms with E-state index in [4.69, 9.17) is 9.84 Å². The molecule has 0 radical (unpaired) electrons. The molecule has 0 aliphatic rings. The van der Waals surface area contributed by atoms with Gasteiger partial charge in [0, 0.05) is 12.0 Å². The summed E-state index contributed by atoms with van der Waals surface area (Å²) in [4.78, 5) is 16.2. The molecule has 28 heavy (non-hydrogen) atoms. The number of aryl methyl sites for hydroxylation is 1. The van der Waals surface area contributed by atoms with Gasteiger partial charge in [0.1, 0.15) is 17.9 Å². The zero-order valence-electron chi connectivity index (χ0n) is 16.0. The number of nitrogens with zero attached hydrogens (tertiary/aromatic N) is 1. The highest BCUT2D eigenvalue weighted by Crippen LogP contribution is 2.31. The topological polar surface area (TPSA) is 79.7 Å². The number of aromatic nitrogens is 1. The van der Waals surface area contributed by atoms with Crippen LogP contribution < -0.4 is 4.74 Å². The Morgan fingerprint density at radius 3 is 2.54 bits per heavy atom. The summed E-state index contributed by atoms with van der Waals surface area (Å²) in [6, 6.07) is 15.5. The maximum atomic E-state index is 11.7. The minimum absolute atomic E-state index is 0.0698. The number of para-hydroxylation sites is 1. The Bertz CT molecular complexity index is 954. The number of carbonyl (C=O) groups is 1. The van der Waals surface area contributed by atoms with Crippen LogP contribution in [0.25, 0.3) is 10.9 Å². The van der Waals surface area contributed by atoms with Gasteiger partial charge in [0.2, 0.25) is 0 Å². The van der Waals surface area contributed by atoms with Crippen LogP contribution in [0, 0.1) is 6.92 Å². The van der Waals surface area contributed by atoms with Gasteiger partial charge in [-0.1, -0.05) is 48.9 Å². The number of fused-ring (bicyclic) bond motifs is 1. The number of ether oxygens (including phenoxy) is 1. The molecule has 0 saturated heterocycles. The van der Waals surface area contributed by atoms with Crippen molar-refractivity contribution in [2.45, 2.75) is 39.2 Å². The van der Waals surface area contributed by atoms with Crippen molar-refractivity contribution in [2.75, 3.05) is 6.61 Å². The van der Waals surface area contributed by atoms with Gasteiger partial charge >= 0.3 is 5.97 Å². The van der Waals surface area contributed by atoms with Gasteiger partial charge in [0.25, 0.3) is 0 Å². The molecule has 5 nitrogen and oxygen atoms in total. The first-order valence-electron chi connectivity index (χ1n) is 9.55. The number of hydrogen-bond acceptors (Lipinski definition) is 4. The van der Waals surface area contributed by atoms with Gasteiger partial charge < -0.3 is 14.9 Å². The molecule has 1 aromatic heterocycles. The lowest BCUT2D eigenvalue weighted by Crippen LogP contribution is -2.08. The van der Waals surface area contributed by atoms with Gasteiger partial charge in [-0.15, -0.1) is 0 Å². The van der Waals surface area contributed by atoms with E-state index < -0.39 is 5.97 Å². The molecule has 2 N–H and O–H groups in total. The lowest BCUT2D eigenvalue weighted by molar-refractivity contribution is 0.0690. The van der Waals surface area contributed by atoms with Crippen molar-refractivity contribution in [1.82, 2.24) is 4.98 Å². The first-order chi connectivity index (χ1) is 13.6. The number of hydrogen-bond donors (Lipinski definition) is 2. The molecule has 0 spiro atoms. The number of benzene rings is 2. The quantitative estimate of drug-likeness (QED) is 0.534. The number of aliphatic hydroxyl groups is 1. The number of carboxylic acid groups (broad SMARTS) is 1. The van der Waals surface area contributed by atoms with E-state index in [1.807, 2.05) is 55.5 Å². The molecule has 1 heterocycles. The van der Waals surface area contributed by atoms with Crippen molar-refractivity contribution >= 4 is 16.9 Å². The second kappa shape index (κ2) is 9.33. The van der Waals surface area contributed by atoms with Crippen molar-refractivity contribution < 1.29 is 19.7 Å². The number of aliphatic hydroxyl groups excluding tert-OH is 1. The number of carboxylic acids is 1. The van der Waals surface area contributed by atoms with Crippen molar-refractivity contribution in [3.8, 4) is 5.75 Å². The number of pyridine rings is 1. The SMILES string of the molecule is Cc1c(C(=O)O)nc2c(OCc3ccccc3)cccc2c1CCCCCO. The highest BCUT2D eigenvalue weighted by molar-refractivity contribution is 5.95. The predicted molar refractivity (Wildman–Crippen MR) is 109 cm³/mol. The summed E-state index contributed by atoms with van der Waals surface area (Å²) in [5.41, 5.74) is 3.38. The molecule has 0 amide bonds. The highest BCUT2D eigenvalue weighted by atomic mass is 16.5. The molecule has 0 atom stereocenters. The van der Waals surface area contributed by atoms with Gasteiger partial charge in [0.15, 0.2) is 5.69 Å². The Morgan fingerprint density at radius 1 is 1.04 bits per heavy atom. The molecule has 0 aliphatic heterocycles. The van der Waals surface area contributed by atoms with Crippen LogP contribution >= 0.6 is 0 Å². The van der Waals surface area contributed by atoms with Crippen LogP contribution in [0.3, 0.4) is 0 Å². The van der Waals surface area contributed by atoms with E-state index in [0.29, 0.717) is 23.4 Å². The summed E-state index contributed by atoms with van der Waals surface area (Å²) in [6.07, 6.45) is 3.27. The fraction of sp³-hybridized carbons (Fsp3) is 0.304. The standard InChI is InChI=1S/C23H25NO4/c1-16-18(11-6-3-7-14-25)19-12-8-13-20(22(19)24-21(16)23(26)27)28-15-17-9-4-2-5-10-17/h2,4-5,8-10,12-13,25H,3,6-7,11,14-15H2,1H3,(H,26,27). The Kier molecular flexibility index (Phi) is 6.61. The van der Waals surface area contributed by atoms with Crippen molar-refractivity contribution in [3.05, 3.63) is 70.9 Å². The summed E-state index contributed by atoms with van der Waals surface area (Å²) in [5, 5.41) is 19.5. The average molecular weight is 379 g/mol. The molecule has 146 valence electrons. The van der Waals surface area contributed by atoms with E-state index in [1.54, 1.807) is 0 Å². The molecule has 3 rings (SSSR count). The number of aromatic carboxylic acids is 1. The molecule has 0 fully saturated rings. The van der Waals surface area contributed by atoms with Crippen molar-refractivity contribution in [1.29, 1.82) is 0 Å². The van der Waals surface area contributed by atoms with Gasteiger partial charge in [-0.2, -0.15) is 0 Å². The smallest absolute Gasteiger partial charge is 0.354 e. The molecular formula is C23H25NO4. The fourth-order valence-electron chi connectivity index (χ4n) is 3.39. The van der Waals surface area contributed by atoms with Gasteiger partial charge in [-0.3, -0.25) is 0 Å². The first-order valence-corrected chi connectivity index (χ1v) is 9.55. The Labute approximate surface area is 164 Å². The number of rotatable bonds is 9. The zero-order chi connectivity index (χ0) is 19.9. The van der Waals surface area contributed by atoms with Crippen LogP contribution in [0.1, 0.15) is 46.4 Å². The van der Waals surface area contributed by atoms with E-state index in [1.165, 1.54) is 0 Å². The summed E-state index contributed by atoms with van der Waals surface area (Å²) in [6.45, 7) is 2.38. The van der Waals surface area contributed by atoms with Crippen LogP contribution in [-0.2, 0) is 13.0 Å². The lowest BCUT2D eigenvalue weighted by Gasteiger charge is -2.15. The van der Waals surface area contributed by atoms with Gasteiger partial charge in [0.05, 0.1) is 0 Å². The second-order valence-electron chi connectivity index (χ2n) is 6.83. The molecular weight excluding hydrogens is 354 g/mol. The molecule has 0 unspecified atom stereocenters. The maximum Gasteiger partial charge on any atom is 0.354 e. The van der Waals surface area contributed by atoms with Crippen LogP contribution in [-0.4, -0.2) is 27.8 Å². The molecule has 0 saturated carbocycles. The van der Waals surface area contributed by atoms with Gasteiger partial charge in [-0.25, -0.2) is 9.78 Å². The monoisotopic (exact) mass is 379 g/mol. The Morgan fingerprint density at radius 2 is 1.82 bits per heavy atom. The van der Waals surface area contributed by atoms with E-state index in [-0.39, 0.29) is 12.3 Å². The zero-order valence-corrected chi connectivity index (χ0v) is 16.0. The maximum absolute atomic E-state index is 11.7. The summed E-state index contributed by atoms with van der Waals surface area (Å²) in [5.74, 6) is -0.450. The Hall–Kier alpha value is -2.92. The summed E-state index contributed by atoms with van der Waals surface area (Å²) < 4.78 is 5.99. The average Bonchev–Trinajstić information content (AvgIpc) is 2.71. The fourth-order valence-corrected chi connectivity index (χ4v) is 3.39. The second-order valence-corrected chi connectivity index (χ2v) is 6.83. The number of unbranched alkanes of at least 4 members (excludes halogenated alkanes) is 2. The molecule has 3 aromatic rings. The molecule has 2 aromatic carbocycles. The van der Waals surface area contributed by atoms with Crippen molar-refractivity contribution in [2.24, 2.45) is 0 Å². The summed E-state index contributed by atoms with van der Waals surface area (Å²) >= 11 is 0. The van der Waals surface area contributed by atoms with Gasteiger partial charge in [-0.05, 0) is 48.9 Å². The van der Waals surface area contributed by atoms with E-state index in [9.17, 15) is 9.90 Å². The third-order valence-corrected chi connectivity index (χ3v) is 4.88. The summed E-state index contributed by atoms with van der Waals surface area (Å²) in [7, 11) is 0. The van der Waals surface area contributed by atoms with Crippen LogP contribution in [0.15, 0.2) is 48.5 Å². The van der Waals surface area contributed by atoms with Crippen molar-refractivity contribution in [3.63, 3.8) is 0 Å². The predicted octanol–water partition coefficient (Wildman–Crippen LogP) is 4.53. The van der Waals surface area contributed by atoms with Crippen LogP contribution in [0.4, 0.5) is 0 Å². The largest absolute Gasteiger partial charge is 0.487 e. The van der Waals surface area contributed by atoms with Crippen LogP contribution in [0.2, 0.25) is 0 Å². The van der Waals surface area contributed by atoms with E-state index >= 15 is 0 Å². The van der Waals surface area contributed by atoms with E-state index in [2.05, 4.69) is 4.98 Å².